The van der Waals surface area contributed by atoms with Crippen molar-refractivity contribution >= 4 is 42.4 Å². The van der Waals surface area contributed by atoms with Gasteiger partial charge < -0.3 is 9.64 Å². The predicted molar refractivity (Wildman–Crippen MR) is 123 cm³/mol. The van der Waals surface area contributed by atoms with E-state index in [-0.39, 0.29) is 0 Å². The summed E-state index contributed by atoms with van der Waals surface area (Å²) in [5.74, 6) is 0.841. The highest BCUT2D eigenvalue weighted by molar-refractivity contribution is 9.10. The van der Waals surface area contributed by atoms with Crippen LogP contribution in [0.5, 0.6) is 5.75 Å². The molecule has 0 aliphatic carbocycles. The average molecular weight is 508 g/mol. The van der Waals surface area contributed by atoms with Crippen LogP contribution in [0.15, 0.2) is 63.3 Å². The van der Waals surface area contributed by atoms with E-state index in [1.807, 2.05) is 24.3 Å². The summed E-state index contributed by atoms with van der Waals surface area (Å²) in [5, 5.41) is 3.02. The van der Waals surface area contributed by atoms with Gasteiger partial charge >= 0.3 is 0 Å². The van der Waals surface area contributed by atoms with E-state index in [0.717, 1.165) is 27.5 Å². The van der Waals surface area contributed by atoms with Gasteiger partial charge in [-0.25, -0.2) is 13.4 Å². The molecule has 4 rings (SSSR count). The van der Waals surface area contributed by atoms with Crippen LogP contribution in [-0.4, -0.2) is 51.0 Å². The fraction of sp³-hybridized carbons (Fsp3) is 0.286. The minimum atomic E-state index is -3.47. The van der Waals surface area contributed by atoms with Gasteiger partial charge in [-0.2, -0.15) is 4.31 Å². The van der Waals surface area contributed by atoms with Crippen LogP contribution < -0.4 is 9.64 Å². The largest absolute Gasteiger partial charge is 0.497 e. The molecule has 0 radical (unpaired) electrons. The molecule has 2 heterocycles. The Labute approximate surface area is 189 Å². The average Bonchev–Trinajstić information content (AvgIpc) is 3.23. The molecule has 1 aliphatic rings. The standard InChI is InChI=1S/C21H22BrN3O3S2/c1-28-19-6-2-16(3-7-19)14-18-15-29-21(23-18)24-10-12-25(13-11-24)30(26,27)20-8-4-17(22)5-9-20/h2-9,15H,10-14H2,1H3. The van der Waals surface area contributed by atoms with Gasteiger partial charge in [0.2, 0.25) is 10.0 Å². The van der Waals surface area contributed by atoms with Crippen LogP contribution in [0.2, 0.25) is 0 Å². The Morgan fingerprint density at radius 3 is 2.33 bits per heavy atom. The van der Waals surface area contributed by atoms with E-state index >= 15 is 0 Å². The maximum absolute atomic E-state index is 12.9. The highest BCUT2D eigenvalue weighted by Gasteiger charge is 2.29. The first-order valence-electron chi connectivity index (χ1n) is 9.54. The molecule has 30 heavy (non-hydrogen) atoms. The summed E-state index contributed by atoms with van der Waals surface area (Å²) < 4.78 is 33.3. The zero-order chi connectivity index (χ0) is 21.1. The molecule has 158 valence electrons. The van der Waals surface area contributed by atoms with Crippen LogP contribution in [0, 0.1) is 0 Å². The zero-order valence-corrected chi connectivity index (χ0v) is 19.7. The predicted octanol–water partition coefficient (Wildman–Crippen LogP) is 4.02. The van der Waals surface area contributed by atoms with Crippen molar-refractivity contribution in [3.63, 3.8) is 0 Å². The molecule has 9 heteroatoms. The first-order valence-corrected chi connectivity index (χ1v) is 12.6. The lowest BCUT2D eigenvalue weighted by molar-refractivity contribution is 0.384. The molecule has 0 N–H and O–H groups in total. The van der Waals surface area contributed by atoms with Gasteiger partial charge in [0, 0.05) is 42.5 Å². The number of anilines is 1. The quantitative estimate of drug-likeness (QED) is 0.504. The van der Waals surface area contributed by atoms with E-state index in [0.29, 0.717) is 31.1 Å². The molecule has 0 amide bonds. The van der Waals surface area contributed by atoms with Crippen LogP contribution in [0.25, 0.3) is 0 Å². The number of methoxy groups -OCH3 is 1. The van der Waals surface area contributed by atoms with E-state index in [9.17, 15) is 8.42 Å². The number of ether oxygens (including phenoxy) is 1. The lowest BCUT2D eigenvalue weighted by Crippen LogP contribution is -2.48. The Kier molecular flexibility index (Phi) is 6.43. The molecule has 1 saturated heterocycles. The summed E-state index contributed by atoms with van der Waals surface area (Å²) in [4.78, 5) is 7.26. The number of thiazole rings is 1. The van der Waals surface area contributed by atoms with Gasteiger partial charge in [-0.05, 0) is 42.0 Å². The highest BCUT2D eigenvalue weighted by Crippen LogP contribution is 2.26. The summed E-state index contributed by atoms with van der Waals surface area (Å²) in [6.07, 6.45) is 0.762. The van der Waals surface area contributed by atoms with Gasteiger partial charge in [0.1, 0.15) is 5.75 Å². The molecule has 2 aromatic carbocycles. The molecule has 0 spiro atoms. The lowest BCUT2D eigenvalue weighted by atomic mass is 10.1. The zero-order valence-electron chi connectivity index (χ0n) is 16.5. The smallest absolute Gasteiger partial charge is 0.243 e. The number of hydrogen-bond donors (Lipinski definition) is 0. The number of hydrogen-bond acceptors (Lipinski definition) is 6. The molecular weight excluding hydrogens is 486 g/mol. The van der Waals surface area contributed by atoms with Gasteiger partial charge in [-0.3, -0.25) is 0 Å². The molecule has 1 fully saturated rings. The number of piperazine rings is 1. The third-order valence-corrected chi connectivity index (χ3v) is 8.44. The molecule has 0 atom stereocenters. The molecule has 0 unspecified atom stereocenters. The van der Waals surface area contributed by atoms with E-state index in [1.165, 1.54) is 5.56 Å². The molecule has 1 aliphatic heterocycles. The summed E-state index contributed by atoms with van der Waals surface area (Å²) in [6.45, 7) is 2.16. The molecule has 0 saturated carbocycles. The summed E-state index contributed by atoms with van der Waals surface area (Å²) in [5.41, 5.74) is 2.20. The van der Waals surface area contributed by atoms with Crippen LogP contribution in [0.1, 0.15) is 11.3 Å². The third kappa shape index (κ3) is 4.69. The highest BCUT2D eigenvalue weighted by atomic mass is 79.9. The van der Waals surface area contributed by atoms with Gasteiger partial charge in [-0.15, -0.1) is 11.3 Å². The van der Waals surface area contributed by atoms with Crippen molar-refractivity contribution in [3.8, 4) is 5.75 Å². The minimum absolute atomic E-state index is 0.329. The molecule has 3 aromatic rings. The van der Waals surface area contributed by atoms with Crippen molar-refractivity contribution < 1.29 is 13.2 Å². The van der Waals surface area contributed by atoms with Crippen molar-refractivity contribution in [2.45, 2.75) is 11.3 Å². The Balaban J connectivity index is 1.38. The molecule has 0 bridgehead atoms. The Morgan fingerprint density at radius 2 is 1.70 bits per heavy atom. The molecule has 1 aromatic heterocycles. The third-order valence-electron chi connectivity index (χ3n) is 5.04. The minimum Gasteiger partial charge on any atom is -0.497 e. The fourth-order valence-corrected chi connectivity index (χ4v) is 5.92. The normalized spacial score (nSPS) is 15.3. The Hall–Kier alpha value is -1.94. The SMILES string of the molecule is COc1ccc(Cc2csc(N3CCN(S(=O)(=O)c4ccc(Br)cc4)CC3)n2)cc1. The topological polar surface area (TPSA) is 62.7 Å². The van der Waals surface area contributed by atoms with Crippen LogP contribution >= 0.6 is 27.3 Å². The fourth-order valence-electron chi connectivity index (χ4n) is 3.35. The summed E-state index contributed by atoms with van der Waals surface area (Å²) in [6, 6.07) is 14.8. The number of aromatic nitrogens is 1. The van der Waals surface area contributed by atoms with Gasteiger partial charge in [-0.1, -0.05) is 28.1 Å². The maximum Gasteiger partial charge on any atom is 0.243 e. The van der Waals surface area contributed by atoms with Crippen molar-refractivity contribution in [1.29, 1.82) is 0 Å². The lowest BCUT2D eigenvalue weighted by Gasteiger charge is -2.33. The second-order valence-electron chi connectivity index (χ2n) is 6.99. The second kappa shape index (κ2) is 9.05. The number of benzene rings is 2. The number of rotatable bonds is 6. The van der Waals surface area contributed by atoms with Gasteiger partial charge in [0.25, 0.3) is 0 Å². The van der Waals surface area contributed by atoms with E-state index in [2.05, 4.69) is 26.2 Å². The van der Waals surface area contributed by atoms with Crippen molar-refractivity contribution in [2.75, 3.05) is 38.2 Å². The van der Waals surface area contributed by atoms with E-state index in [4.69, 9.17) is 9.72 Å². The monoisotopic (exact) mass is 507 g/mol. The summed E-state index contributed by atoms with van der Waals surface area (Å²) in [7, 11) is -1.81. The van der Waals surface area contributed by atoms with Crippen LogP contribution in [0.3, 0.4) is 0 Å². The van der Waals surface area contributed by atoms with Gasteiger partial charge in [0.15, 0.2) is 5.13 Å². The second-order valence-corrected chi connectivity index (χ2v) is 10.7. The Morgan fingerprint density at radius 1 is 1.03 bits per heavy atom. The van der Waals surface area contributed by atoms with Crippen LogP contribution in [0.4, 0.5) is 5.13 Å². The van der Waals surface area contributed by atoms with Crippen LogP contribution in [-0.2, 0) is 16.4 Å². The number of halogens is 1. The van der Waals surface area contributed by atoms with Crippen molar-refractivity contribution in [2.24, 2.45) is 0 Å². The van der Waals surface area contributed by atoms with E-state index in [1.54, 1.807) is 47.0 Å². The number of sulfonamides is 1. The molecule has 6 nitrogen and oxygen atoms in total. The first-order chi connectivity index (χ1) is 14.5. The molecular formula is C21H22BrN3O3S2. The number of nitrogens with zero attached hydrogens (tertiary/aromatic N) is 3. The van der Waals surface area contributed by atoms with Crippen molar-refractivity contribution in [1.82, 2.24) is 9.29 Å². The van der Waals surface area contributed by atoms with E-state index < -0.39 is 10.0 Å². The first kappa shape index (κ1) is 21.3. The summed E-state index contributed by atoms with van der Waals surface area (Å²) >= 11 is 4.95. The maximum atomic E-state index is 12.9. The van der Waals surface area contributed by atoms with Gasteiger partial charge in [0.05, 0.1) is 17.7 Å². The Bertz CT molecular complexity index is 1090. The van der Waals surface area contributed by atoms with Crippen molar-refractivity contribution in [3.05, 3.63) is 69.6 Å².